The van der Waals surface area contributed by atoms with Gasteiger partial charge in [-0.1, -0.05) is 18.2 Å². The van der Waals surface area contributed by atoms with Gasteiger partial charge in [0.1, 0.15) is 10.6 Å². The van der Waals surface area contributed by atoms with E-state index in [9.17, 15) is 9.18 Å². The Morgan fingerprint density at radius 3 is 2.90 bits per heavy atom. The maximum absolute atomic E-state index is 13.9. The minimum Gasteiger partial charge on any atom is -0.379 e. The van der Waals surface area contributed by atoms with Crippen molar-refractivity contribution < 1.29 is 9.13 Å². The second kappa shape index (κ2) is 9.16. The van der Waals surface area contributed by atoms with E-state index in [1.54, 1.807) is 28.3 Å². The normalized spacial score (nSPS) is 19.6. The predicted octanol–water partition coefficient (Wildman–Crippen LogP) is 2.58. The maximum Gasteiger partial charge on any atom is 0.262 e. The van der Waals surface area contributed by atoms with Crippen molar-refractivity contribution in [1.29, 1.82) is 0 Å². The van der Waals surface area contributed by atoms with E-state index in [-0.39, 0.29) is 17.4 Å². The Morgan fingerprint density at radius 2 is 2.06 bits per heavy atom. The average molecular weight is 443 g/mol. The molecule has 31 heavy (non-hydrogen) atoms. The van der Waals surface area contributed by atoms with Crippen LogP contribution in [0.5, 0.6) is 0 Å². The molecule has 0 spiro atoms. The molecular formula is C23H27FN4O2S. The molecule has 2 aliphatic rings. The summed E-state index contributed by atoms with van der Waals surface area (Å²) in [7, 11) is 0. The van der Waals surface area contributed by atoms with Crippen molar-refractivity contribution in [2.24, 2.45) is 0 Å². The van der Waals surface area contributed by atoms with Gasteiger partial charge in [-0.2, -0.15) is 0 Å². The minimum atomic E-state index is -0.171. The number of ether oxygens (including phenoxy) is 1. The number of fused-ring (bicyclic) bond motifs is 3. The Hall–Kier alpha value is -2.13. The molecule has 1 aromatic carbocycles. The van der Waals surface area contributed by atoms with Crippen LogP contribution in [0.4, 0.5) is 4.39 Å². The molecule has 1 atom stereocenters. The van der Waals surface area contributed by atoms with E-state index in [0.717, 1.165) is 62.3 Å². The highest BCUT2D eigenvalue weighted by molar-refractivity contribution is 7.18. The molecule has 1 aliphatic carbocycles. The van der Waals surface area contributed by atoms with E-state index in [1.807, 2.05) is 12.1 Å². The topological polar surface area (TPSA) is 59.4 Å². The zero-order valence-corrected chi connectivity index (χ0v) is 18.3. The summed E-state index contributed by atoms with van der Waals surface area (Å²) in [6.07, 6.45) is 4.35. The van der Waals surface area contributed by atoms with Crippen molar-refractivity contribution >= 4 is 21.6 Å². The van der Waals surface area contributed by atoms with E-state index in [1.165, 1.54) is 16.5 Å². The number of hydrogen-bond donors (Lipinski definition) is 1. The highest BCUT2D eigenvalue weighted by Crippen LogP contribution is 2.33. The zero-order valence-electron chi connectivity index (χ0n) is 17.5. The number of hydrogen-bond acceptors (Lipinski definition) is 6. The standard InChI is InChI=1S/C23H27FN4O2S/c24-19-4-2-1-3-16(19)14-25-17-5-6-18-20(13-17)31-22-21(18)23(29)28(15-26-22)8-7-27-9-11-30-12-10-27/h1-4,15,17,25H,5-14H2/t17-/m0/s1. The average Bonchev–Trinajstić information content (AvgIpc) is 3.17. The number of benzene rings is 1. The quantitative estimate of drug-likeness (QED) is 0.636. The van der Waals surface area contributed by atoms with Crippen LogP contribution >= 0.6 is 11.3 Å². The summed E-state index contributed by atoms with van der Waals surface area (Å²) in [6.45, 7) is 5.36. The van der Waals surface area contributed by atoms with E-state index >= 15 is 0 Å². The number of nitrogens with zero attached hydrogens (tertiary/aromatic N) is 3. The van der Waals surface area contributed by atoms with E-state index in [2.05, 4.69) is 15.2 Å². The summed E-state index contributed by atoms with van der Waals surface area (Å²) in [5, 5.41) is 4.30. The molecule has 1 fully saturated rings. The Labute approximate surface area is 184 Å². The van der Waals surface area contributed by atoms with Gasteiger partial charge in [0.2, 0.25) is 0 Å². The minimum absolute atomic E-state index is 0.0773. The Bertz CT molecular complexity index is 1120. The molecule has 1 saturated heterocycles. The summed E-state index contributed by atoms with van der Waals surface area (Å²) in [4.78, 5) is 22.2. The molecule has 0 amide bonds. The summed E-state index contributed by atoms with van der Waals surface area (Å²) < 4.78 is 21.0. The maximum atomic E-state index is 13.9. The van der Waals surface area contributed by atoms with Crippen LogP contribution < -0.4 is 10.9 Å². The summed E-state index contributed by atoms with van der Waals surface area (Å²) >= 11 is 1.63. The molecule has 3 aromatic rings. The molecule has 0 unspecified atom stereocenters. The van der Waals surface area contributed by atoms with Crippen molar-refractivity contribution in [2.45, 2.75) is 38.4 Å². The molecule has 0 radical (unpaired) electrons. The van der Waals surface area contributed by atoms with E-state index in [4.69, 9.17) is 4.74 Å². The second-order valence-corrected chi connectivity index (χ2v) is 9.38. The van der Waals surface area contributed by atoms with Gasteiger partial charge in [-0.05, 0) is 30.9 Å². The molecule has 1 aliphatic heterocycles. The number of morpholine rings is 1. The number of aryl methyl sites for hydroxylation is 1. The van der Waals surface area contributed by atoms with Crippen LogP contribution in [0.25, 0.3) is 10.2 Å². The number of halogens is 1. The lowest BCUT2D eigenvalue weighted by atomic mass is 9.93. The molecule has 3 heterocycles. The SMILES string of the molecule is O=c1c2c3c(sc2ncn1CCN1CCOCC1)C[C@@H](NCc1ccccc1F)CC3. The predicted molar refractivity (Wildman–Crippen MR) is 120 cm³/mol. The zero-order chi connectivity index (χ0) is 21.2. The van der Waals surface area contributed by atoms with Crippen LogP contribution in [0.1, 0.15) is 22.4 Å². The highest BCUT2D eigenvalue weighted by atomic mass is 32.1. The first kappa shape index (κ1) is 20.8. The molecule has 164 valence electrons. The van der Waals surface area contributed by atoms with Gasteiger partial charge in [-0.15, -0.1) is 11.3 Å². The molecular weight excluding hydrogens is 415 g/mol. The van der Waals surface area contributed by atoms with Crippen LogP contribution in [0.15, 0.2) is 35.4 Å². The first-order chi connectivity index (χ1) is 15.2. The van der Waals surface area contributed by atoms with Gasteiger partial charge in [0, 0.05) is 49.2 Å². The summed E-state index contributed by atoms with van der Waals surface area (Å²) in [6, 6.07) is 7.17. The fourth-order valence-electron chi connectivity index (χ4n) is 4.50. The van der Waals surface area contributed by atoms with Gasteiger partial charge in [-0.25, -0.2) is 9.37 Å². The molecule has 0 saturated carbocycles. The monoisotopic (exact) mass is 442 g/mol. The van der Waals surface area contributed by atoms with Gasteiger partial charge < -0.3 is 10.1 Å². The largest absolute Gasteiger partial charge is 0.379 e. The smallest absolute Gasteiger partial charge is 0.262 e. The number of nitrogens with one attached hydrogen (secondary N) is 1. The van der Waals surface area contributed by atoms with Crippen LogP contribution in [0.2, 0.25) is 0 Å². The third-order valence-corrected chi connectivity index (χ3v) is 7.50. The molecule has 1 N–H and O–H groups in total. The van der Waals surface area contributed by atoms with Crippen molar-refractivity contribution in [3.63, 3.8) is 0 Å². The first-order valence-electron chi connectivity index (χ1n) is 11.0. The van der Waals surface area contributed by atoms with Crippen molar-refractivity contribution in [1.82, 2.24) is 19.8 Å². The third kappa shape index (κ3) is 4.43. The van der Waals surface area contributed by atoms with Crippen LogP contribution in [-0.4, -0.2) is 53.3 Å². The molecule has 5 rings (SSSR count). The molecule has 8 heteroatoms. The van der Waals surface area contributed by atoms with Crippen molar-refractivity contribution in [3.05, 3.63) is 62.8 Å². The molecule has 2 aromatic heterocycles. The fraction of sp³-hybridized carbons (Fsp3) is 0.478. The number of rotatable bonds is 6. The van der Waals surface area contributed by atoms with Crippen LogP contribution in [0.3, 0.4) is 0 Å². The Kier molecular flexibility index (Phi) is 6.13. The Morgan fingerprint density at radius 1 is 1.23 bits per heavy atom. The van der Waals surface area contributed by atoms with Crippen molar-refractivity contribution in [3.8, 4) is 0 Å². The summed E-state index contributed by atoms with van der Waals surface area (Å²) in [5.74, 6) is -0.171. The van der Waals surface area contributed by atoms with Crippen LogP contribution in [0, 0.1) is 5.82 Å². The molecule has 0 bridgehead atoms. The second-order valence-electron chi connectivity index (χ2n) is 8.29. The highest BCUT2D eigenvalue weighted by Gasteiger charge is 2.25. The van der Waals surface area contributed by atoms with Gasteiger partial charge in [-0.3, -0.25) is 14.3 Å². The van der Waals surface area contributed by atoms with E-state index in [0.29, 0.717) is 18.7 Å². The van der Waals surface area contributed by atoms with Gasteiger partial charge in [0.25, 0.3) is 5.56 Å². The lowest BCUT2D eigenvalue weighted by molar-refractivity contribution is 0.0362. The fourth-order valence-corrected chi connectivity index (χ4v) is 5.76. The van der Waals surface area contributed by atoms with Gasteiger partial charge in [0.15, 0.2) is 0 Å². The number of aromatic nitrogens is 2. The van der Waals surface area contributed by atoms with Crippen LogP contribution in [-0.2, 0) is 30.7 Å². The Balaban J connectivity index is 1.29. The van der Waals surface area contributed by atoms with Crippen molar-refractivity contribution in [2.75, 3.05) is 32.8 Å². The van der Waals surface area contributed by atoms with Gasteiger partial charge >= 0.3 is 0 Å². The summed E-state index contributed by atoms with van der Waals surface area (Å²) in [5.41, 5.74) is 1.94. The van der Waals surface area contributed by atoms with E-state index < -0.39 is 0 Å². The van der Waals surface area contributed by atoms with Gasteiger partial charge in [0.05, 0.1) is 24.9 Å². The molecule has 6 nitrogen and oxygen atoms in total. The lowest BCUT2D eigenvalue weighted by Crippen LogP contribution is -2.39. The number of thiophene rings is 1. The third-order valence-electron chi connectivity index (χ3n) is 6.34. The first-order valence-corrected chi connectivity index (χ1v) is 11.8. The lowest BCUT2D eigenvalue weighted by Gasteiger charge is -2.26.